The fraction of sp³-hybridized carbons (Fsp3) is 0.143. The van der Waals surface area contributed by atoms with Crippen molar-refractivity contribution in [3.63, 3.8) is 0 Å². The van der Waals surface area contributed by atoms with Crippen molar-refractivity contribution in [1.82, 2.24) is 0 Å². The molecule has 0 aliphatic rings. The van der Waals surface area contributed by atoms with Crippen molar-refractivity contribution in [1.29, 1.82) is 0 Å². The summed E-state index contributed by atoms with van der Waals surface area (Å²) < 4.78 is 47.8. The van der Waals surface area contributed by atoms with E-state index in [9.17, 15) is 17.4 Å². The Kier molecular flexibility index (Phi) is 6.17. The van der Waals surface area contributed by atoms with Gasteiger partial charge in [0.05, 0.1) is 4.90 Å². The topological polar surface area (TPSA) is 37.3 Å². The van der Waals surface area contributed by atoms with E-state index in [0.717, 1.165) is 0 Å². The van der Waals surface area contributed by atoms with Gasteiger partial charge < -0.3 is 4.55 Å². The molecular weight excluding hydrogens is 205 g/mol. The Labute approximate surface area is 75.7 Å². The second-order valence-electron chi connectivity index (χ2n) is 1.81. The van der Waals surface area contributed by atoms with Gasteiger partial charge in [-0.25, -0.2) is 4.21 Å². The predicted octanol–water partition coefficient (Wildman–Crippen LogP) is 2.45. The molecule has 0 aliphatic heterocycles. The molecule has 13 heavy (non-hydrogen) atoms. The van der Waals surface area contributed by atoms with Crippen LogP contribution in [-0.2, 0) is 11.1 Å². The van der Waals surface area contributed by atoms with Gasteiger partial charge in [0.15, 0.2) is 11.1 Å². The molecule has 0 bridgehead atoms. The van der Waals surface area contributed by atoms with Crippen molar-refractivity contribution in [2.45, 2.75) is 11.6 Å². The van der Waals surface area contributed by atoms with Gasteiger partial charge in [0.1, 0.15) is 0 Å². The van der Waals surface area contributed by atoms with E-state index in [2.05, 4.69) is 0 Å². The Morgan fingerprint density at radius 1 is 1.15 bits per heavy atom. The number of alkyl halides is 3. The normalized spacial score (nSPS) is 11.8. The molecule has 74 valence electrons. The van der Waals surface area contributed by atoms with Crippen molar-refractivity contribution >= 4 is 11.1 Å². The molecule has 2 nitrogen and oxygen atoms in total. The van der Waals surface area contributed by atoms with Crippen molar-refractivity contribution in [2.24, 2.45) is 0 Å². The van der Waals surface area contributed by atoms with Crippen LogP contribution in [0.15, 0.2) is 35.2 Å². The minimum atomic E-state index is -3.67. The van der Waals surface area contributed by atoms with Crippen LogP contribution in [0.3, 0.4) is 0 Å². The number of halogens is 3. The molecule has 6 heteroatoms. The zero-order valence-corrected chi connectivity index (χ0v) is 7.18. The maximum absolute atomic E-state index is 10.3. The van der Waals surface area contributed by atoms with Crippen LogP contribution in [0, 0.1) is 0 Å². The molecule has 0 saturated carbocycles. The van der Waals surface area contributed by atoms with Crippen molar-refractivity contribution in [2.75, 3.05) is 0 Å². The quantitative estimate of drug-likeness (QED) is 0.726. The molecule has 0 radical (unpaired) electrons. The maximum Gasteiger partial charge on any atom is 0.379 e. The summed E-state index contributed by atoms with van der Waals surface area (Å²) in [5.74, 6) is 0. The lowest BCUT2D eigenvalue weighted by molar-refractivity contribution is 0.00819. The molecule has 0 spiro atoms. The van der Waals surface area contributed by atoms with Crippen LogP contribution in [0.2, 0.25) is 0 Å². The van der Waals surface area contributed by atoms with E-state index in [-0.39, 0.29) is 0 Å². The molecular formula is C7H7F3O2S. The van der Waals surface area contributed by atoms with E-state index in [0.29, 0.717) is 4.90 Å². The molecule has 1 aromatic rings. The van der Waals surface area contributed by atoms with E-state index < -0.39 is 17.8 Å². The third-order valence-electron chi connectivity index (χ3n) is 0.945. The first-order chi connectivity index (χ1) is 6.04. The molecule has 1 aromatic carbocycles. The summed E-state index contributed by atoms with van der Waals surface area (Å²) in [6, 6.07) is 8.47. The van der Waals surface area contributed by atoms with Gasteiger partial charge in [-0.1, -0.05) is 18.2 Å². The Bertz CT molecular complexity index is 250. The largest absolute Gasteiger partial charge is 0.379 e. The van der Waals surface area contributed by atoms with Crippen molar-refractivity contribution in [3.8, 4) is 0 Å². The van der Waals surface area contributed by atoms with Crippen LogP contribution < -0.4 is 0 Å². The predicted molar refractivity (Wildman–Crippen MR) is 42.6 cm³/mol. The van der Waals surface area contributed by atoms with E-state index >= 15 is 0 Å². The van der Waals surface area contributed by atoms with Gasteiger partial charge in [0.2, 0.25) is 0 Å². The van der Waals surface area contributed by atoms with Gasteiger partial charge in [-0.05, 0) is 12.1 Å². The van der Waals surface area contributed by atoms with Gasteiger partial charge in [-0.2, -0.15) is 13.2 Å². The second-order valence-corrected chi connectivity index (χ2v) is 2.78. The summed E-state index contributed by atoms with van der Waals surface area (Å²) in [5, 5.41) is 0. The van der Waals surface area contributed by atoms with E-state index in [1.165, 1.54) is 0 Å². The molecule has 1 atom stereocenters. The fourth-order valence-electron chi connectivity index (χ4n) is 0.537. The zero-order chi connectivity index (χ0) is 10.3. The zero-order valence-electron chi connectivity index (χ0n) is 6.36. The molecule has 0 fully saturated rings. The molecule has 0 heterocycles. The Morgan fingerprint density at radius 3 is 1.77 bits per heavy atom. The van der Waals surface area contributed by atoms with Crippen LogP contribution >= 0.6 is 0 Å². The summed E-state index contributed by atoms with van der Waals surface area (Å²) in [6.45, 7) is -3.67. The van der Waals surface area contributed by atoms with Crippen LogP contribution in [0.4, 0.5) is 13.2 Å². The number of hydrogen-bond acceptors (Lipinski definition) is 1. The van der Waals surface area contributed by atoms with Gasteiger partial charge >= 0.3 is 6.68 Å². The molecule has 0 saturated heterocycles. The average Bonchev–Trinajstić information content (AvgIpc) is 2.05. The lowest BCUT2D eigenvalue weighted by Gasteiger charge is -1.89. The third kappa shape index (κ3) is 7.48. The first-order valence-electron chi connectivity index (χ1n) is 3.12. The Morgan fingerprint density at radius 2 is 1.54 bits per heavy atom. The maximum atomic E-state index is 10.3. The highest BCUT2D eigenvalue weighted by molar-refractivity contribution is 7.79. The van der Waals surface area contributed by atoms with Gasteiger partial charge in [-0.3, -0.25) is 0 Å². The molecule has 0 amide bonds. The first-order valence-corrected chi connectivity index (χ1v) is 4.23. The summed E-state index contributed by atoms with van der Waals surface area (Å²) >= 11 is -1.83. The van der Waals surface area contributed by atoms with Crippen molar-refractivity contribution < 1.29 is 21.9 Å². The smallest absolute Gasteiger partial charge is 0.302 e. The minimum Gasteiger partial charge on any atom is -0.302 e. The van der Waals surface area contributed by atoms with Crippen LogP contribution in [0.5, 0.6) is 0 Å². The molecule has 1 rings (SSSR count). The van der Waals surface area contributed by atoms with E-state index in [1.54, 1.807) is 30.3 Å². The molecule has 1 N–H and O–H groups in total. The third-order valence-corrected chi connectivity index (χ3v) is 1.62. The summed E-state index contributed by atoms with van der Waals surface area (Å²) in [7, 11) is 0. The van der Waals surface area contributed by atoms with Crippen LogP contribution in [0.1, 0.15) is 0 Å². The molecule has 0 aliphatic carbocycles. The Hall–Kier alpha value is -0.880. The Balaban J connectivity index is 0.000000310. The molecule has 1 unspecified atom stereocenters. The highest BCUT2D eigenvalue weighted by Crippen LogP contribution is 2.00. The highest BCUT2D eigenvalue weighted by atomic mass is 32.2. The first kappa shape index (κ1) is 12.1. The number of hydrogen-bond donors (Lipinski definition) is 1. The second kappa shape index (κ2) is 6.62. The van der Waals surface area contributed by atoms with Crippen LogP contribution in [0.25, 0.3) is 0 Å². The van der Waals surface area contributed by atoms with Gasteiger partial charge in [0, 0.05) is 0 Å². The molecule has 0 aromatic heterocycles. The standard InChI is InChI=1S/C6H6O2S.CHF3/c7-9(8)6-4-2-1-3-5-6;2-1(3)4/h1-5H,(H,7,8);1H. The van der Waals surface area contributed by atoms with Gasteiger partial charge in [0.25, 0.3) is 0 Å². The van der Waals surface area contributed by atoms with E-state index in [4.69, 9.17) is 4.55 Å². The van der Waals surface area contributed by atoms with Gasteiger partial charge in [-0.15, -0.1) is 0 Å². The summed E-state index contributed by atoms with van der Waals surface area (Å²) in [6.07, 6.45) is 0. The monoisotopic (exact) mass is 212 g/mol. The minimum absolute atomic E-state index is 0.442. The van der Waals surface area contributed by atoms with E-state index in [1.807, 2.05) is 0 Å². The lowest BCUT2D eigenvalue weighted by atomic mass is 10.4. The lowest BCUT2D eigenvalue weighted by Crippen LogP contribution is -1.84. The summed E-state index contributed by atoms with van der Waals surface area (Å²) in [5.41, 5.74) is 0. The van der Waals surface area contributed by atoms with Crippen LogP contribution in [-0.4, -0.2) is 15.4 Å². The average molecular weight is 212 g/mol. The highest BCUT2D eigenvalue weighted by Gasteiger charge is 1.93. The number of benzene rings is 1. The SMILES string of the molecule is FC(F)F.O=S(O)c1ccccc1. The summed E-state index contributed by atoms with van der Waals surface area (Å²) in [4.78, 5) is 0.442. The van der Waals surface area contributed by atoms with Crippen molar-refractivity contribution in [3.05, 3.63) is 30.3 Å². The number of rotatable bonds is 1. The fourth-order valence-corrected chi connectivity index (χ4v) is 0.927.